The summed E-state index contributed by atoms with van der Waals surface area (Å²) in [6.07, 6.45) is 1.44. The maximum Gasteiger partial charge on any atom is 0.331 e. The monoisotopic (exact) mass is 251 g/mol. The summed E-state index contributed by atoms with van der Waals surface area (Å²) in [5, 5.41) is 17.6. The highest BCUT2D eigenvalue weighted by molar-refractivity contribution is 6.32. The van der Waals surface area contributed by atoms with E-state index >= 15 is 0 Å². The van der Waals surface area contributed by atoms with E-state index < -0.39 is 5.97 Å². The fourth-order valence-corrected chi connectivity index (χ4v) is 1.27. The Morgan fingerprint density at radius 3 is 2.88 bits per heavy atom. The lowest BCUT2D eigenvalue weighted by Gasteiger charge is -2.05. The van der Waals surface area contributed by atoms with Crippen LogP contribution in [-0.4, -0.2) is 17.7 Å². The van der Waals surface area contributed by atoms with E-state index in [9.17, 15) is 4.79 Å². The molecule has 5 heteroatoms. The van der Waals surface area contributed by atoms with E-state index in [1.54, 1.807) is 12.1 Å². The zero-order chi connectivity index (χ0) is 12.8. The van der Waals surface area contributed by atoms with E-state index in [0.29, 0.717) is 16.3 Å². The molecule has 0 heterocycles. The number of hydrogen-bond acceptors (Lipinski definition) is 3. The lowest BCUT2D eigenvalue weighted by Crippen LogP contribution is -2.01. The minimum atomic E-state index is -0.987. The van der Waals surface area contributed by atoms with Crippen LogP contribution in [0, 0.1) is 11.3 Å². The summed E-state index contributed by atoms with van der Waals surface area (Å²) in [5.74, 6) is -0.570. The van der Waals surface area contributed by atoms with Crippen LogP contribution in [0.5, 0.6) is 5.75 Å². The number of benzene rings is 1. The third kappa shape index (κ3) is 3.82. The third-order valence-corrected chi connectivity index (χ3v) is 2.32. The Labute approximate surface area is 104 Å². The summed E-state index contributed by atoms with van der Waals surface area (Å²) in [6.45, 7) is 1.59. The van der Waals surface area contributed by atoms with Crippen LogP contribution in [0.15, 0.2) is 29.8 Å². The van der Waals surface area contributed by atoms with Gasteiger partial charge in [-0.05, 0) is 31.2 Å². The molecule has 0 aliphatic heterocycles. The summed E-state index contributed by atoms with van der Waals surface area (Å²) < 4.78 is 5.28. The molecule has 0 fully saturated rings. The number of aliphatic carboxylic acids is 1. The quantitative estimate of drug-likeness (QED) is 0.835. The lowest BCUT2D eigenvalue weighted by molar-refractivity contribution is -0.132. The highest BCUT2D eigenvalue weighted by atomic mass is 35.5. The number of carboxylic acid groups (broad SMARTS) is 1. The molecule has 0 saturated carbocycles. The van der Waals surface area contributed by atoms with Crippen LogP contribution >= 0.6 is 11.6 Å². The maximum atomic E-state index is 10.5. The molecule has 0 atom stereocenters. The summed E-state index contributed by atoms with van der Waals surface area (Å²) in [4.78, 5) is 10.5. The van der Waals surface area contributed by atoms with Crippen molar-refractivity contribution in [3.63, 3.8) is 0 Å². The van der Waals surface area contributed by atoms with Crippen LogP contribution in [0.4, 0.5) is 0 Å². The molecule has 1 aromatic rings. The second-order valence-electron chi connectivity index (χ2n) is 3.26. The van der Waals surface area contributed by atoms with Crippen molar-refractivity contribution in [2.75, 3.05) is 6.61 Å². The number of carboxylic acids is 1. The van der Waals surface area contributed by atoms with Crippen LogP contribution in [0.3, 0.4) is 0 Å². The lowest BCUT2D eigenvalue weighted by atomic mass is 10.2. The molecule has 0 aromatic heterocycles. The Kier molecular flexibility index (Phi) is 4.56. The topological polar surface area (TPSA) is 70.3 Å². The van der Waals surface area contributed by atoms with Gasteiger partial charge < -0.3 is 9.84 Å². The molecule has 88 valence electrons. The Morgan fingerprint density at radius 1 is 1.65 bits per heavy atom. The number of rotatable bonds is 4. The molecule has 17 heavy (non-hydrogen) atoms. The minimum Gasteiger partial charge on any atom is -0.488 e. The summed E-state index contributed by atoms with van der Waals surface area (Å²) in [5.41, 5.74) is 0.648. The van der Waals surface area contributed by atoms with Gasteiger partial charge in [0.1, 0.15) is 12.4 Å². The molecule has 0 bridgehead atoms. The molecule has 1 rings (SSSR count). The van der Waals surface area contributed by atoms with Crippen LogP contribution < -0.4 is 4.74 Å². The van der Waals surface area contributed by atoms with Crippen molar-refractivity contribution in [1.82, 2.24) is 0 Å². The van der Waals surface area contributed by atoms with E-state index in [-0.39, 0.29) is 12.2 Å². The molecule has 0 aliphatic carbocycles. The predicted molar refractivity (Wildman–Crippen MR) is 63.1 cm³/mol. The van der Waals surface area contributed by atoms with Crippen molar-refractivity contribution in [3.8, 4) is 11.8 Å². The first-order valence-corrected chi connectivity index (χ1v) is 5.15. The van der Waals surface area contributed by atoms with Crippen LogP contribution in [0.1, 0.15) is 12.5 Å². The van der Waals surface area contributed by atoms with Crippen molar-refractivity contribution < 1.29 is 14.6 Å². The largest absolute Gasteiger partial charge is 0.488 e. The number of carbonyl (C=O) groups is 1. The average molecular weight is 252 g/mol. The van der Waals surface area contributed by atoms with Crippen molar-refractivity contribution in [3.05, 3.63) is 40.4 Å². The van der Waals surface area contributed by atoms with Crippen LogP contribution in [-0.2, 0) is 4.79 Å². The third-order valence-electron chi connectivity index (χ3n) is 2.03. The number of hydrogen-bond donors (Lipinski definition) is 1. The van der Waals surface area contributed by atoms with Gasteiger partial charge in [-0.3, -0.25) is 0 Å². The molecular weight excluding hydrogens is 242 g/mol. The van der Waals surface area contributed by atoms with Gasteiger partial charge in [0.05, 0.1) is 16.7 Å². The van der Waals surface area contributed by atoms with E-state index in [2.05, 4.69) is 0 Å². The molecule has 0 unspecified atom stereocenters. The van der Waals surface area contributed by atoms with Crippen LogP contribution in [0.25, 0.3) is 0 Å². The second kappa shape index (κ2) is 5.92. The van der Waals surface area contributed by atoms with Crippen molar-refractivity contribution in [2.24, 2.45) is 0 Å². The van der Waals surface area contributed by atoms with Gasteiger partial charge in [0.25, 0.3) is 0 Å². The van der Waals surface area contributed by atoms with Gasteiger partial charge >= 0.3 is 5.97 Å². The van der Waals surface area contributed by atoms with Crippen molar-refractivity contribution in [1.29, 1.82) is 5.26 Å². The van der Waals surface area contributed by atoms with Gasteiger partial charge in [-0.2, -0.15) is 5.26 Å². The van der Waals surface area contributed by atoms with Gasteiger partial charge in [0.2, 0.25) is 0 Å². The molecule has 4 nitrogen and oxygen atoms in total. The average Bonchev–Trinajstić information content (AvgIpc) is 2.30. The van der Waals surface area contributed by atoms with E-state index in [0.717, 1.165) is 0 Å². The molecular formula is C12H10ClNO3. The predicted octanol–water partition coefficient (Wildman–Crippen LogP) is 2.62. The summed E-state index contributed by atoms with van der Waals surface area (Å²) in [6, 6.07) is 6.60. The molecule has 1 aromatic carbocycles. The normalized spacial score (nSPS) is 10.8. The molecule has 0 saturated heterocycles. The Hall–Kier alpha value is -1.99. The van der Waals surface area contributed by atoms with Crippen molar-refractivity contribution in [2.45, 2.75) is 6.92 Å². The fraction of sp³-hybridized carbons (Fsp3) is 0.167. The zero-order valence-electron chi connectivity index (χ0n) is 9.11. The minimum absolute atomic E-state index is 0.115. The second-order valence-corrected chi connectivity index (χ2v) is 3.67. The summed E-state index contributed by atoms with van der Waals surface area (Å²) >= 11 is 5.87. The van der Waals surface area contributed by atoms with E-state index in [1.807, 2.05) is 6.07 Å². The van der Waals surface area contributed by atoms with Gasteiger partial charge in [-0.15, -0.1) is 0 Å². The Bertz CT molecular complexity index is 503. The van der Waals surface area contributed by atoms with Crippen molar-refractivity contribution >= 4 is 17.6 Å². The number of ether oxygens (including phenoxy) is 1. The standard InChI is InChI=1S/C12H10ClNO3/c1-8(12(15)16)4-5-17-11-3-2-9(7-14)6-10(11)13/h2-4,6H,5H2,1H3,(H,15,16). The van der Waals surface area contributed by atoms with E-state index in [4.69, 9.17) is 26.7 Å². The first-order chi connectivity index (χ1) is 8.04. The maximum absolute atomic E-state index is 10.5. The van der Waals surface area contributed by atoms with E-state index in [1.165, 1.54) is 19.1 Å². The zero-order valence-corrected chi connectivity index (χ0v) is 9.86. The SMILES string of the molecule is CC(=CCOc1ccc(C#N)cc1Cl)C(=O)O. The number of nitriles is 1. The first kappa shape index (κ1) is 13.1. The van der Waals surface area contributed by atoms with Gasteiger partial charge in [-0.25, -0.2) is 4.79 Å². The van der Waals surface area contributed by atoms with Gasteiger partial charge in [0, 0.05) is 5.57 Å². The molecule has 0 spiro atoms. The van der Waals surface area contributed by atoms with Gasteiger partial charge in [0.15, 0.2) is 0 Å². The number of halogens is 1. The smallest absolute Gasteiger partial charge is 0.331 e. The molecule has 0 radical (unpaired) electrons. The highest BCUT2D eigenvalue weighted by Crippen LogP contribution is 2.25. The summed E-state index contributed by atoms with van der Waals surface area (Å²) in [7, 11) is 0. The Balaban J connectivity index is 2.68. The van der Waals surface area contributed by atoms with Crippen LogP contribution in [0.2, 0.25) is 5.02 Å². The van der Waals surface area contributed by atoms with Gasteiger partial charge in [-0.1, -0.05) is 11.6 Å². The number of nitrogens with zero attached hydrogens (tertiary/aromatic N) is 1. The fourth-order valence-electron chi connectivity index (χ4n) is 1.03. The first-order valence-electron chi connectivity index (χ1n) is 4.77. The molecule has 0 aliphatic rings. The Morgan fingerprint density at radius 2 is 2.35 bits per heavy atom. The molecule has 0 amide bonds. The molecule has 1 N–H and O–H groups in total. The highest BCUT2D eigenvalue weighted by Gasteiger charge is 2.03.